The van der Waals surface area contributed by atoms with E-state index in [0.717, 1.165) is 5.56 Å². The van der Waals surface area contributed by atoms with Crippen molar-refractivity contribution in [3.8, 4) is 5.75 Å². The molecule has 7 nitrogen and oxygen atoms in total. The molecule has 0 radical (unpaired) electrons. The summed E-state index contributed by atoms with van der Waals surface area (Å²) in [4.78, 5) is 25.2. The quantitative estimate of drug-likeness (QED) is 0.615. The SMILES string of the molecule is CC(C)CC(NC(=O)C(C)Oc1cccc(C(C)C)c1)C(=O)Nc1ccn[nH]1. The molecule has 2 aromatic rings. The van der Waals surface area contributed by atoms with Gasteiger partial charge in [0.05, 0.1) is 6.20 Å². The number of carbonyl (C=O) groups is 2. The van der Waals surface area contributed by atoms with Crippen molar-refractivity contribution in [2.75, 3.05) is 5.32 Å². The molecule has 1 heterocycles. The predicted octanol–water partition coefficient (Wildman–Crippen LogP) is 3.47. The van der Waals surface area contributed by atoms with Gasteiger partial charge in [0.25, 0.3) is 5.91 Å². The molecule has 3 N–H and O–H groups in total. The molecule has 7 heteroatoms. The van der Waals surface area contributed by atoms with E-state index in [9.17, 15) is 9.59 Å². The fraction of sp³-hybridized carbons (Fsp3) is 0.476. The summed E-state index contributed by atoms with van der Waals surface area (Å²) < 4.78 is 5.80. The minimum atomic E-state index is -0.725. The number of rotatable bonds is 9. The van der Waals surface area contributed by atoms with Crippen molar-refractivity contribution >= 4 is 17.6 Å². The maximum atomic E-state index is 12.6. The van der Waals surface area contributed by atoms with Gasteiger partial charge in [0.2, 0.25) is 5.91 Å². The van der Waals surface area contributed by atoms with Gasteiger partial charge in [0.1, 0.15) is 17.6 Å². The second kappa shape index (κ2) is 9.92. The molecular weight excluding hydrogens is 356 g/mol. The van der Waals surface area contributed by atoms with Crippen molar-refractivity contribution in [2.45, 2.75) is 59.1 Å². The summed E-state index contributed by atoms with van der Waals surface area (Å²) in [6.45, 7) is 9.88. The predicted molar refractivity (Wildman–Crippen MR) is 109 cm³/mol. The van der Waals surface area contributed by atoms with E-state index in [0.29, 0.717) is 23.9 Å². The Balaban J connectivity index is 2.01. The number of benzene rings is 1. The average Bonchev–Trinajstić information content (AvgIpc) is 3.13. The average molecular weight is 386 g/mol. The van der Waals surface area contributed by atoms with Crippen molar-refractivity contribution in [2.24, 2.45) is 5.92 Å². The molecule has 2 amide bonds. The molecule has 0 fully saturated rings. The Morgan fingerprint density at radius 3 is 2.46 bits per heavy atom. The van der Waals surface area contributed by atoms with Gasteiger partial charge in [-0.05, 0) is 42.9 Å². The highest BCUT2D eigenvalue weighted by Gasteiger charge is 2.25. The Morgan fingerprint density at radius 2 is 1.86 bits per heavy atom. The van der Waals surface area contributed by atoms with Crippen LogP contribution in [0.5, 0.6) is 5.75 Å². The van der Waals surface area contributed by atoms with Gasteiger partial charge in [-0.2, -0.15) is 5.10 Å². The highest BCUT2D eigenvalue weighted by molar-refractivity contribution is 5.97. The van der Waals surface area contributed by atoms with Crippen LogP contribution in [0.2, 0.25) is 0 Å². The Morgan fingerprint density at radius 1 is 1.11 bits per heavy atom. The lowest BCUT2D eigenvalue weighted by molar-refractivity contribution is -0.131. The molecule has 1 aromatic heterocycles. The van der Waals surface area contributed by atoms with Crippen LogP contribution < -0.4 is 15.4 Å². The van der Waals surface area contributed by atoms with Crippen molar-refractivity contribution in [1.29, 1.82) is 0 Å². The molecule has 0 saturated carbocycles. The minimum Gasteiger partial charge on any atom is -0.481 e. The Hall–Kier alpha value is -2.83. The van der Waals surface area contributed by atoms with E-state index in [1.165, 1.54) is 0 Å². The van der Waals surface area contributed by atoms with Crippen molar-refractivity contribution in [3.05, 3.63) is 42.1 Å². The summed E-state index contributed by atoms with van der Waals surface area (Å²) in [5, 5.41) is 12.0. The Labute approximate surface area is 166 Å². The maximum Gasteiger partial charge on any atom is 0.261 e. The zero-order valence-electron chi connectivity index (χ0n) is 17.2. The molecule has 0 saturated heterocycles. The number of ether oxygens (including phenoxy) is 1. The molecule has 2 rings (SSSR count). The first-order valence-electron chi connectivity index (χ1n) is 9.63. The van der Waals surface area contributed by atoms with Crippen molar-refractivity contribution < 1.29 is 14.3 Å². The molecular formula is C21H30N4O3. The molecule has 0 aliphatic carbocycles. The van der Waals surface area contributed by atoms with E-state index >= 15 is 0 Å². The number of nitrogens with zero attached hydrogens (tertiary/aromatic N) is 1. The molecule has 152 valence electrons. The van der Waals surface area contributed by atoms with Gasteiger partial charge in [0, 0.05) is 6.07 Å². The smallest absolute Gasteiger partial charge is 0.261 e. The summed E-state index contributed by atoms with van der Waals surface area (Å²) in [6.07, 6.45) is 1.34. The van der Waals surface area contributed by atoms with E-state index in [1.807, 2.05) is 38.1 Å². The van der Waals surface area contributed by atoms with Crippen LogP contribution >= 0.6 is 0 Å². The van der Waals surface area contributed by atoms with E-state index < -0.39 is 12.1 Å². The van der Waals surface area contributed by atoms with Crippen LogP contribution in [0.15, 0.2) is 36.5 Å². The number of hydrogen-bond acceptors (Lipinski definition) is 4. The van der Waals surface area contributed by atoms with E-state index in [4.69, 9.17) is 4.74 Å². The zero-order chi connectivity index (χ0) is 20.7. The van der Waals surface area contributed by atoms with E-state index in [-0.39, 0.29) is 17.7 Å². The Kier molecular flexibility index (Phi) is 7.61. The van der Waals surface area contributed by atoms with Gasteiger partial charge in [-0.1, -0.05) is 39.8 Å². The number of amides is 2. The molecule has 1 aromatic carbocycles. The van der Waals surface area contributed by atoms with Gasteiger partial charge in [-0.3, -0.25) is 14.7 Å². The van der Waals surface area contributed by atoms with Crippen LogP contribution in [0.25, 0.3) is 0 Å². The monoisotopic (exact) mass is 386 g/mol. The number of carbonyl (C=O) groups excluding carboxylic acids is 2. The third kappa shape index (κ3) is 6.40. The van der Waals surface area contributed by atoms with Gasteiger partial charge in [-0.25, -0.2) is 0 Å². The first-order chi connectivity index (χ1) is 13.3. The van der Waals surface area contributed by atoms with Crippen molar-refractivity contribution in [1.82, 2.24) is 15.5 Å². The number of aromatic nitrogens is 2. The molecule has 2 unspecified atom stereocenters. The van der Waals surface area contributed by atoms with E-state index in [1.54, 1.807) is 19.2 Å². The lowest BCUT2D eigenvalue weighted by atomic mass is 10.0. The highest BCUT2D eigenvalue weighted by Crippen LogP contribution is 2.21. The molecule has 28 heavy (non-hydrogen) atoms. The molecule has 0 aliphatic heterocycles. The fourth-order valence-corrected chi connectivity index (χ4v) is 2.74. The summed E-state index contributed by atoms with van der Waals surface area (Å²) in [5.41, 5.74) is 1.14. The molecule has 0 aliphatic rings. The normalized spacial score (nSPS) is 13.2. The summed E-state index contributed by atoms with van der Waals surface area (Å²) in [6, 6.07) is 8.69. The summed E-state index contributed by atoms with van der Waals surface area (Å²) in [7, 11) is 0. The number of H-pyrrole nitrogens is 1. The number of aromatic amines is 1. The largest absolute Gasteiger partial charge is 0.481 e. The molecule has 0 spiro atoms. The first-order valence-corrected chi connectivity index (χ1v) is 9.63. The summed E-state index contributed by atoms with van der Waals surface area (Å²) in [5.74, 6) is 1.10. The van der Waals surface area contributed by atoms with Gasteiger partial charge in [-0.15, -0.1) is 0 Å². The van der Waals surface area contributed by atoms with Gasteiger partial charge < -0.3 is 15.4 Å². The van der Waals surface area contributed by atoms with Crippen LogP contribution in [-0.4, -0.2) is 34.2 Å². The second-order valence-corrected chi connectivity index (χ2v) is 7.64. The number of anilines is 1. The molecule has 0 bridgehead atoms. The first kappa shape index (κ1) is 21.5. The number of nitrogens with one attached hydrogen (secondary N) is 3. The topological polar surface area (TPSA) is 96.1 Å². The van der Waals surface area contributed by atoms with E-state index in [2.05, 4.69) is 34.7 Å². The fourth-order valence-electron chi connectivity index (χ4n) is 2.74. The van der Waals surface area contributed by atoms with Crippen LogP contribution in [0, 0.1) is 5.92 Å². The van der Waals surface area contributed by atoms with Crippen LogP contribution in [0.4, 0.5) is 5.82 Å². The van der Waals surface area contributed by atoms with Gasteiger partial charge >= 0.3 is 0 Å². The van der Waals surface area contributed by atoms with Crippen LogP contribution in [0.1, 0.15) is 52.5 Å². The summed E-state index contributed by atoms with van der Waals surface area (Å²) >= 11 is 0. The lowest BCUT2D eigenvalue weighted by Crippen LogP contribution is -2.48. The Bertz CT molecular complexity index is 772. The third-order valence-electron chi connectivity index (χ3n) is 4.31. The van der Waals surface area contributed by atoms with Crippen molar-refractivity contribution in [3.63, 3.8) is 0 Å². The van der Waals surface area contributed by atoms with Gasteiger partial charge in [0.15, 0.2) is 6.10 Å². The molecule has 2 atom stereocenters. The van der Waals surface area contributed by atoms with Crippen LogP contribution in [-0.2, 0) is 9.59 Å². The second-order valence-electron chi connectivity index (χ2n) is 7.64. The van der Waals surface area contributed by atoms with Crippen LogP contribution in [0.3, 0.4) is 0 Å². The maximum absolute atomic E-state index is 12.6. The third-order valence-corrected chi connectivity index (χ3v) is 4.31. The highest BCUT2D eigenvalue weighted by atomic mass is 16.5. The minimum absolute atomic E-state index is 0.233. The zero-order valence-corrected chi connectivity index (χ0v) is 17.2. The standard InChI is InChI=1S/C21H30N4O3/c1-13(2)11-18(21(27)24-19-9-10-22-25-19)23-20(26)15(5)28-17-8-6-7-16(12-17)14(3)4/h6-10,12-15,18H,11H2,1-5H3,(H,23,26)(H2,22,24,25,27). The lowest BCUT2D eigenvalue weighted by Gasteiger charge is -2.22. The number of hydrogen-bond donors (Lipinski definition) is 3.